The average Bonchev–Trinajstić information content (AvgIpc) is 2.80. The lowest BCUT2D eigenvalue weighted by atomic mass is 10.1. The van der Waals surface area contributed by atoms with Gasteiger partial charge in [-0.15, -0.1) is 0 Å². The van der Waals surface area contributed by atoms with Gasteiger partial charge in [-0.1, -0.05) is 30.3 Å². The zero-order valence-corrected chi connectivity index (χ0v) is 19.7. The zero-order valence-electron chi connectivity index (χ0n) is 16.7. The molecule has 0 aliphatic carbocycles. The molecule has 1 atom stereocenters. The summed E-state index contributed by atoms with van der Waals surface area (Å²) in [6, 6.07) is 13.8. The number of carbonyl (C=O) groups excluding carboxylic acids is 2. The summed E-state index contributed by atoms with van der Waals surface area (Å²) in [5.74, 6) is -0.485. The largest absolute Gasteiger partial charge is 0.482 e. The molecular formula is C22H19FIN3O4S. The highest BCUT2D eigenvalue weighted by molar-refractivity contribution is 14.1. The first-order valence-electron chi connectivity index (χ1n) is 9.43. The number of nitrogens with one attached hydrogen (secondary N) is 1. The molecule has 1 amide bonds. The first-order chi connectivity index (χ1) is 15.5. The Balaban J connectivity index is 1.87. The summed E-state index contributed by atoms with van der Waals surface area (Å²) < 4.78 is 37.0. The van der Waals surface area contributed by atoms with E-state index >= 15 is 0 Å². The minimum absolute atomic E-state index is 0.0152. The van der Waals surface area contributed by atoms with Crippen LogP contribution in [0.1, 0.15) is 15.9 Å². The average molecular weight is 567 g/mol. The quantitative estimate of drug-likeness (QED) is 0.236. The van der Waals surface area contributed by atoms with Gasteiger partial charge in [-0.2, -0.15) is 4.36 Å². The van der Waals surface area contributed by atoms with E-state index < -0.39 is 15.6 Å². The second-order valence-corrected chi connectivity index (χ2v) is 9.06. The summed E-state index contributed by atoms with van der Waals surface area (Å²) in [6.07, 6.45) is 3.10. The third-order valence-corrected chi connectivity index (χ3v) is 6.42. The summed E-state index contributed by atoms with van der Waals surface area (Å²) in [5.41, 5.74) is 0.923. The van der Waals surface area contributed by atoms with Crippen LogP contribution >= 0.6 is 22.6 Å². The van der Waals surface area contributed by atoms with Gasteiger partial charge in [-0.25, -0.2) is 8.60 Å². The number of halogens is 2. The number of aromatic nitrogens is 1. The lowest BCUT2D eigenvalue weighted by Crippen LogP contribution is -2.27. The Kier molecular flexibility index (Phi) is 8.28. The van der Waals surface area contributed by atoms with Gasteiger partial charge in [0.2, 0.25) is 5.62 Å². The second-order valence-electron chi connectivity index (χ2n) is 6.48. The molecule has 1 unspecified atom stereocenters. The van der Waals surface area contributed by atoms with Crippen molar-refractivity contribution in [3.05, 3.63) is 83.9 Å². The Hall–Kier alpha value is -2.86. The molecule has 0 radical (unpaired) electrons. The summed E-state index contributed by atoms with van der Waals surface area (Å²) in [7, 11) is -3.62. The van der Waals surface area contributed by atoms with Crippen molar-refractivity contribution in [2.75, 3.05) is 11.2 Å². The maximum absolute atomic E-state index is 13.8. The van der Waals surface area contributed by atoms with Gasteiger partial charge in [0.1, 0.15) is 25.9 Å². The highest BCUT2D eigenvalue weighted by Crippen LogP contribution is 2.25. The molecule has 10 heteroatoms. The number of alkyl halides is 1. The van der Waals surface area contributed by atoms with E-state index in [9.17, 15) is 18.2 Å². The Morgan fingerprint density at radius 3 is 2.69 bits per heavy atom. The van der Waals surface area contributed by atoms with Gasteiger partial charge in [0.05, 0.1) is 28.5 Å². The molecule has 0 saturated carbocycles. The highest BCUT2D eigenvalue weighted by atomic mass is 127. The van der Waals surface area contributed by atoms with Crippen molar-refractivity contribution in [1.82, 2.24) is 10.3 Å². The molecule has 7 nitrogen and oxygen atoms in total. The topological polar surface area (TPSA) is 97.7 Å². The van der Waals surface area contributed by atoms with Crippen LogP contribution in [0.25, 0.3) is 0 Å². The third-order valence-electron chi connectivity index (χ3n) is 4.38. The van der Waals surface area contributed by atoms with Gasteiger partial charge in [0.15, 0.2) is 0 Å². The molecule has 166 valence electrons. The lowest BCUT2D eigenvalue weighted by molar-refractivity contribution is 0.0951. The predicted molar refractivity (Wildman–Crippen MR) is 128 cm³/mol. The Labute approximate surface area is 198 Å². The molecule has 2 aromatic carbocycles. The number of amides is 1. The van der Waals surface area contributed by atoms with Gasteiger partial charge in [0, 0.05) is 12.6 Å². The molecule has 0 spiro atoms. The fourth-order valence-electron chi connectivity index (χ4n) is 2.89. The number of carbonyl (C=O) groups is 2. The van der Waals surface area contributed by atoms with Gasteiger partial charge < -0.3 is 10.1 Å². The molecule has 0 aliphatic heterocycles. The van der Waals surface area contributed by atoms with E-state index in [1.54, 1.807) is 30.3 Å². The number of nitrogens with zero attached hydrogens (tertiary/aromatic N) is 2. The molecule has 1 aromatic heterocycles. The van der Waals surface area contributed by atoms with Crippen LogP contribution in [-0.4, -0.2) is 31.9 Å². The van der Waals surface area contributed by atoms with E-state index in [0.717, 1.165) is 0 Å². The minimum atomic E-state index is -3.62. The van der Waals surface area contributed by atoms with Crippen LogP contribution in [0.3, 0.4) is 0 Å². The van der Waals surface area contributed by atoms with Crippen molar-refractivity contribution in [2.24, 2.45) is 4.36 Å². The molecular weight excluding hydrogens is 548 g/mol. The third kappa shape index (κ3) is 5.88. The number of benzene rings is 2. The minimum Gasteiger partial charge on any atom is -0.482 e. The monoisotopic (exact) mass is 567 g/mol. The van der Waals surface area contributed by atoms with Crippen molar-refractivity contribution in [1.29, 1.82) is 0 Å². The maximum atomic E-state index is 13.8. The molecule has 32 heavy (non-hydrogen) atoms. The summed E-state index contributed by atoms with van der Waals surface area (Å²) in [4.78, 5) is 28.6. The summed E-state index contributed by atoms with van der Waals surface area (Å²) >= 11 is 2.02. The van der Waals surface area contributed by atoms with E-state index in [4.69, 9.17) is 4.74 Å². The Morgan fingerprint density at radius 1 is 1.19 bits per heavy atom. The highest BCUT2D eigenvalue weighted by Gasteiger charge is 2.21. The predicted octanol–water partition coefficient (Wildman–Crippen LogP) is 4.31. The number of pyridine rings is 1. The maximum Gasteiger partial charge on any atom is 0.252 e. The van der Waals surface area contributed by atoms with Crippen molar-refractivity contribution in [3.8, 4) is 5.75 Å². The van der Waals surface area contributed by atoms with Crippen LogP contribution in [0.5, 0.6) is 5.75 Å². The van der Waals surface area contributed by atoms with E-state index in [-0.39, 0.29) is 40.5 Å². The normalized spacial score (nSPS) is 12.4. The zero-order chi connectivity index (χ0) is 23.0. The van der Waals surface area contributed by atoms with E-state index in [1.807, 2.05) is 22.6 Å². The first kappa shape index (κ1) is 23.8. The van der Waals surface area contributed by atoms with Crippen LogP contribution in [0, 0.1) is 5.82 Å². The first-order valence-corrected chi connectivity index (χ1v) is 12.5. The molecule has 3 aromatic rings. The van der Waals surface area contributed by atoms with Crippen LogP contribution in [-0.2, 0) is 20.9 Å². The molecule has 0 saturated heterocycles. The van der Waals surface area contributed by atoms with E-state index in [1.165, 1.54) is 36.7 Å². The standard InChI is InChI=1S/C22H19FIN3O4S/c23-20-7-3-1-5-16(20)9-10-26-22(29)19-6-2-4-8-21(19)32(30,15-28)27-17-11-18(31-14-24)13-25-12-17/h1-8,11-13,15H,9-10,14H2,(H,26,29). The Morgan fingerprint density at radius 2 is 1.94 bits per heavy atom. The number of hydrogen-bond donors (Lipinski definition) is 1. The van der Waals surface area contributed by atoms with Gasteiger partial charge >= 0.3 is 0 Å². The van der Waals surface area contributed by atoms with E-state index in [2.05, 4.69) is 14.7 Å². The van der Waals surface area contributed by atoms with Crippen LogP contribution in [0.4, 0.5) is 10.1 Å². The van der Waals surface area contributed by atoms with Gasteiger partial charge in [-0.3, -0.25) is 14.6 Å². The second kappa shape index (κ2) is 11.1. The molecule has 0 bridgehead atoms. The van der Waals surface area contributed by atoms with Gasteiger partial charge in [-0.05, 0) is 52.8 Å². The fraction of sp³-hybridized carbons (Fsp3) is 0.136. The number of hydrogen-bond acceptors (Lipinski definition) is 6. The van der Waals surface area contributed by atoms with Gasteiger partial charge in [0.25, 0.3) is 5.91 Å². The Bertz CT molecular complexity index is 1250. The summed E-state index contributed by atoms with van der Waals surface area (Å²) in [5, 5.41) is 2.68. The van der Waals surface area contributed by atoms with Crippen molar-refractivity contribution >= 4 is 49.5 Å². The molecule has 1 heterocycles. The molecule has 1 N–H and O–H groups in total. The van der Waals surface area contributed by atoms with Crippen LogP contribution in [0.2, 0.25) is 0 Å². The van der Waals surface area contributed by atoms with Crippen LogP contribution < -0.4 is 10.1 Å². The molecule has 3 rings (SSSR count). The summed E-state index contributed by atoms with van der Waals surface area (Å²) in [6.45, 7) is 0.160. The van der Waals surface area contributed by atoms with Crippen molar-refractivity contribution in [2.45, 2.75) is 11.3 Å². The smallest absolute Gasteiger partial charge is 0.252 e. The van der Waals surface area contributed by atoms with E-state index in [0.29, 0.717) is 15.9 Å². The number of rotatable bonds is 9. The molecule has 0 fully saturated rings. The van der Waals surface area contributed by atoms with Crippen molar-refractivity contribution in [3.63, 3.8) is 0 Å². The molecule has 0 aliphatic rings. The van der Waals surface area contributed by atoms with Crippen molar-refractivity contribution < 1.29 is 22.9 Å². The fourth-order valence-corrected chi connectivity index (χ4v) is 4.66. The number of ether oxygens (including phenoxy) is 1. The van der Waals surface area contributed by atoms with Crippen LogP contribution in [0.15, 0.2) is 76.2 Å². The SMILES string of the molecule is O=CS(=O)(=Nc1cncc(OCI)c1)c1ccccc1C(=O)NCCc1ccccc1F. The lowest BCUT2D eigenvalue weighted by Gasteiger charge is -2.11.